The molecule has 2 heteroatoms. The maximum Gasteiger partial charge on any atom is 0.104 e. The third kappa shape index (κ3) is 5.06. The molecule has 1 saturated carbocycles. The smallest absolute Gasteiger partial charge is 0.104 e. The summed E-state index contributed by atoms with van der Waals surface area (Å²) in [5.41, 5.74) is 2.13. The summed E-state index contributed by atoms with van der Waals surface area (Å²) in [5.74, 6) is 5.54. The van der Waals surface area contributed by atoms with Crippen molar-refractivity contribution in [3.05, 3.63) is 35.4 Å². The van der Waals surface area contributed by atoms with Gasteiger partial charge in [0.2, 0.25) is 0 Å². The summed E-state index contributed by atoms with van der Waals surface area (Å²) < 4.78 is 5.99. The van der Waals surface area contributed by atoms with Gasteiger partial charge in [0, 0.05) is 5.56 Å². The van der Waals surface area contributed by atoms with Crippen LogP contribution in [0.3, 0.4) is 0 Å². The monoisotopic (exact) mass is 258 g/mol. The van der Waals surface area contributed by atoms with E-state index in [-0.39, 0.29) is 6.61 Å². The number of benzene rings is 1. The molecular weight excluding hydrogens is 236 g/mol. The molecule has 2 nitrogen and oxygen atoms in total. The fourth-order valence-electron chi connectivity index (χ4n) is 2.45. The highest BCUT2D eigenvalue weighted by atomic mass is 16.5. The van der Waals surface area contributed by atoms with Crippen LogP contribution in [-0.2, 0) is 11.3 Å². The van der Waals surface area contributed by atoms with Gasteiger partial charge in [-0.3, -0.25) is 0 Å². The third-order valence-electron chi connectivity index (χ3n) is 3.55. The molecule has 0 spiro atoms. The van der Waals surface area contributed by atoms with E-state index in [4.69, 9.17) is 9.84 Å². The highest BCUT2D eigenvalue weighted by molar-refractivity contribution is 5.36. The van der Waals surface area contributed by atoms with E-state index in [2.05, 4.69) is 24.0 Å². The van der Waals surface area contributed by atoms with Crippen molar-refractivity contribution in [1.82, 2.24) is 0 Å². The van der Waals surface area contributed by atoms with Crippen molar-refractivity contribution in [3.63, 3.8) is 0 Å². The van der Waals surface area contributed by atoms with Crippen molar-refractivity contribution in [2.75, 3.05) is 6.61 Å². The summed E-state index contributed by atoms with van der Waals surface area (Å²) >= 11 is 0. The van der Waals surface area contributed by atoms with E-state index < -0.39 is 0 Å². The summed E-state index contributed by atoms with van der Waals surface area (Å²) in [6.07, 6.45) is 8.19. The van der Waals surface area contributed by atoms with E-state index in [9.17, 15) is 0 Å². The van der Waals surface area contributed by atoms with Gasteiger partial charge in [-0.25, -0.2) is 0 Å². The largest absolute Gasteiger partial charge is 0.384 e. The van der Waals surface area contributed by atoms with E-state index in [1.54, 1.807) is 0 Å². The molecule has 2 rings (SSSR count). The number of hydrogen-bond acceptors (Lipinski definition) is 2. The van der Waals surface area contributed by atoms with Crippen LogP contribution in [0.4, 0.5) is 0 Å². The van der Waals surface area contributed by atoms with Crippen molar-refractivity contribution >= 4 is 0 Å². The zero-order valence-corrected chi connectivity index (χ0v) is 11.4. The van der Waals surface area contributed by atoms with Crippen LogP contribution >= 0.6 is 0 Å². The van der Waals surface area contributed by atoms with Crippen molar-refractivity contribution in [2.45, 2.75) is 51.2 Å². The van der Waals surface area contributed by atoms with Gasteiger partial charge in [0.15, 0.2) is 0 Å². The molecule has 0 aromatic heterocycles. The van der Waals surface area contributed by atoms with Crippen molar-refractivity contribution in [2.24, 2.45) is 0 Å². The maximum atomic E-state index is 8.64. The molecular formula is C17H22O2. The van der Waals surface area contributed by atoms with Crippen LogP contribution in [0.25, 0.3) is 0 Å². The van der Waals surface area contributed by atoms with Crippen LogP contribution < -0.4 is 0 Å². The first-order valence-corrected chi connectivity index (χ1v) is 7.19. The summed E-state index contributed by atoms with van der Waals surface area (Å²) in [7, 11) is 0. The lowest BCUT2D eigenvalue weighted by molar-refractivity contribution is 0.0310. The summed E-state index contributed by atoms with van der Waals surface area (Å²) in [4.78, 5) is 0. The number of ether oxygens (including phenoxy) is 1. The second-order valence-corrected chi connectivity index (χ2v) is 5.08. The Morgan fingerprint density at radius 1 is 1.05 bits per heavy atom. The average molecular weight is 258 g/mol. The molecule has 0 radical (unpaired) electrons. The van der Waals surface area contributed by atoms with Gasteiger partial charge in [0.05, 0.1) is 12.7 Å². The van der Waals surface area contributed by atoms with E-state index in [0.717, 1.165) is 5.56 Å². The molecule has 1 aliphatic carbocycles. The molecule has 0 unspecified atom stereocenters. The van der Waals surface area contributed by atoms with Gasteiger partial charge in [-0.15, -0.1) is 0 Å². The minimum atomic E-state index is -0.0907. The van der Waals surface area contributed by atoms with E-state index >= 15 is 0 Å². The molecule has 1 N–H and O–H groups in total. The number of aliphatic hydroxyl groups is 1. The second-order valence-electron chi connectivity index (χ2n) is 5.08. The predicted molar refractivity (Wildman–Crippen MR) is 76.7 cm³/mol. The third-order valence-corrected chi connectivity index (χ3v) is 3.55. The van der Waals surface area contributed by atoms with Gasteiger partial charge in [-0.1, -0.05) is 49.7 Å². The fourth-order valence-corrected chi connectivity index (χ4v) is 2.45. The molecule has 0 bridgehead atoms. The first kappa shape index (κ1) is 14.1. The van der Waals surface area contributed by atoms with Crippen LogP contribution in [-0.4, -0.2) is 17.8 Å². The molecule has 0 atom stereocenters. The molecule has 1 aliphatic rings. The highest BCUT2D eigenvalue weighted by Gasteiger charge is 2.12. The van der Waals surface area contributed by atoms with Crippen molar-refractivity contribution in [3.8, 4) is 11.8 Å². The zero-order chi connectivity index (χ0) is 13.3. The van der Waals surface area contributed by atoms with Gasteiger partial charge < -0.3 is 9.84 Å². The SMILES string of the molecule is OCC#Cc1ccc(COC2CCCCCC2)cc1. The minimum absolute atomic E-state index is 0.0907. The Balaban J connectivity index is 1.82. The van der Waals surface area contributed by atoms with Crippen molar-refractivity contribution in [1.29, 1.82) is 0 Å². The molecule has 0 heterocycles. The van der Waals surface area contributed by atoms with Crippen LogP contribution in [0, 0.1) is 11.8 Å². The summed E-state index contributed by atoms with van der Waals surface area (Å²) in [5, 5.41) is 8.64. The Labute approximate surface area is 115 Å². The Hall–Kier alpha value is -1.30. The highest BCUT2D eigenvalue weighted by Crippen LogP contribution is 2.20. The van der Waals surface area contributed by atoms with Gasteiger partial charge in [-0.05, 0) is 30.5 Å². The lowest BCUT2D eigenvalue weighted by atomic mass is 10.1. The number of aliphatic hydroxyl groups excluding tert-OH is 1. The topological polar surface area (TPSA) is 29.5 Å². The van der Waals surface area contributed by atoms with Crippen molar-refractivity contribution < 1.29 is 9.84 Å². The minimum Gasteiger partial charge on any atom is -0.384 e. The molecule has 1 aromatic rings. The van der Waals surface area contributed by atoms with Crippen LogP contribution in [0.2, 0.25) is 0 Å². The van der Waals surface area contributed by atoms with E-state index in [0.29, 0.717) is 12.7 Å². The first-order valence-electron chi connectivity index (χ1n) is 7.19. The molecule has 0 saturated heterocycles. The Kier molecular flexibility index (Phi) is 5.94. The van der Waals surface area contributed by atoms with Gasteiger partial charge in [0.25, 0.3) is 0 Å². The molecule has 0 amide bonds. The molecule has 0 aliphatic heterocycles. The maximum absolute atomic E-state index is 8.64. The van der Waals surface area contributed by atoms with E-state index in [1.807, 2.05) is 12.1 Å². The Morgan fingerprint density at radius 3 is 2.37 bits per heavy atom. The lowest BCUT2D eigenvalue weighted by Gasteiger charge is -2.15. The predicted octanol–water partition coefficient (Wildman–Crippen LogP) is 3.27. The molecule has 102 valence electrons. The summed E-state index contributed by atoms with van der Waals surface area (Å²) in [6.45, 7) is 0.602. The lowest BCUT2D eigenvalue weighted by Crippen LogP contribution is -2.11. The Morgan fingerprint density at radius 2 is 1.74 bits per heavy atom. The first-order chi connectivity index (χ1) is 9.38. The van der Waals surface area contributed by atoms with Crippen LogP contribution in [0.15, 0.2) is 24.3 Å². The van der Waals surface area contributed by atoms with Gasteiger partial charge in [-0.2, -0.15) is 0 Å². The van der Waals surface area contributed by atoms with Gasteiger partial charge >= 0.3 is 0 Å². The zero-order valence-electron chi connectivity index (χ0n) is 11.4. The van der Waals surface area contributed by atoms with Crippen LogP contribution in [0.1, 0.15) is 49.7 Å². The Bertz CT molecular complexity index is 417. The quantitative estimate of drug-likeness (QED) is 0.666. The molecule has 19 heavy (non-hydrogen) atoms. The van der Waals surface area contributed by atoms with Crippen LogP contribution in [0.5, 0.6) is 0 Å². The number of hydrogen-bond donors (Lipinski definition) is 1. The standard InChI is InChI=1S/C17H22O2/c18-13-5-6-15-9-11-16(12-10-15)14-19-17-7-3-1-2-4-8-17/h9-12,17-18H,1-4,7-8,13-14H2. The average Bonchev–Trinajstić information content (AvgIpc) is 2.72. The van der Waals surface area contributed by atoms with E-state index in [1.165, 1.54) is 44.1 Å². The summed E-state index contributed by atoms with van der Waals surface area (Å²) in [6, 6.07) is 8.07. The van der Waals surface area contributed by atoms with Gasteiger partial charge in [0.1, 0.15) is 6.61 Å². The fraction of sp³-hybridized carbons (Fsp3) is 0.529. The second kappa shape index (κ2) is 7.99. The molecule has 1 fully saturated rings. The normalized spacial score (nSPS) is 16.5. The molecule has 1 aromatic carbocycles. The number of rotatable bonds is 3.